The standard InChI is InChI=1S/C13H13N3O/c1-2-11-15-9-5-3-4-8(10-6-7-17-10)12(9)13(14)16-11/h2-5,10H,1,6-7H2,(H2,14,15,16). The number of ether oxygens (including phenoxy) is 1. The first-order chi connectivity index (χ1) is 8.29. The lowest BCUT2D eigenvalue weighted by molar-refractivity contribution is -0.0518. The molecule has 1 fully saturated rings. The molecule has 1 aromatic heterocycles. The largest absolute Gasteiger partial charge is 0.383 e. The van der Waals surface area contributed by atoms with Crippen molar-refractivity contribution < 1.29 is 4.74 Å². The van der Waals surface area contributed by atoms with Crippen LogP contribution < -0.4 is 5.73 Å². The molecule has 0 bridgehead atoms. The van der Waals surface area contributed by atoms with Gasteiger partial charge in [0.15, 0.2) is 5.82 Å². The van der Waals surface area contributed by atoms with E-state index in [1.54, 1.807) is 6.08 Å². The first-order valence-corrected chi connectivity index (χ1v) is 5.60. The van der Waals surface area contributed by atoms with E-state index in [4.69, 9.17) is 10.5 Å². The molecular weight excluding hydrogens is 214 g/mol. The number of benzene rings is 1. The Bertz CT molecular complexity index is 590. The number of hydrogen-bond acceptors (Lipinski definition) is 4. The molecule has 1 atom stereocenters. The van der Waals surface area contributed by atoms with E-state index in [1.165, 1.54) is 0 Å². The third kappa shape index (κ3) is 1.57. The van der Waals surface area contributed by atoms with Crippen LogP contribution in [0.5, 0.6) is 0 Å². The fraction of sp³-hybridized carbons (Fsp3) is 0.231. The van der Waals surface area contributed by atoms with Crippen molar-refractivity contribution in [2.24, 2.45) is 0 Å². The molecule has 86 valence electrons. The quantitative estimate of drug-likeness (QED) is 0.855. The van der Waals surface area contributed by atoms with Gasteiger partial charge in [-0.1, -0.05) is 18.7 Å². The second kappa shape index (κ2) is 3.82. The molecule has 2 N–H and O–H groups in total. The Balaban J connectivity index is 2.26. The van der Waals surface area contributed by atoms with E-state index in [-0.39, 0.29) is 6.10 Å². The average molecular weight is 227 g/mol. The van der Waals surface area contributed by atoms with E-state index in [0.29, 0.717) is 11.6 Å². The average Bonchev–Trinajstić information content (AvgIpc) is 2.26. The van der Waals surface area contributed by atoms with E-state index >= 15 is 0 Å². The summed E-state index contributed by atoms with van der Waals surface area (Å²) >= 11 is 0. The van der Waals surface area contributed by atoms with E-state index in [9.17, 15) is 0 Å². The van der Waals surface area contributed by atoms with Gasteiger partial charge in [-0.05, 0) is 17.7 Å². The second-order valence-electron chi connectivity index (χ2n) is 4.06. The van der Waals surface area contributed by atoms with Gasteiger partial charge in [-0.15, -0.1) is 0 Å². The van der Waals surface area contributed by atoms with Crippen LogP contribution in [0.25, 0.3) is 17.0 Å². The number of aromatic nitrogens is 2. The predicted octanol–water partition coefficient (Wildman–Crippen LogP) is 2.32. The molecule has 4 nitrogen and oxygen atoms in total. The lowest BCUT2D eigenvalue weighted by atomic mass is 9.99. The third-order valence-electron chi connectivity index (χ3n) is 3.03. The molecular formula is C13H13N3O. The zero-order chi connectivity index (χ0) is 11.8. The molecule has 0 saturated carbocycles. The van der Waals surface area contributed by atoms with Gasteiger partial charge in [-0.3, -0.25) is 0 Å². The van der Waals surface area contributed by atoms with E-state index < -0.39 is 0 Å². The molecule has 0 aliphatic carbocycles. The van der Waals surface area contributed by atoms with Crippen LogP contribution in [0.2, 0.25) is 0 Å². The minimum Gasteiger partial charge on any atom is -0.383 e. The fourth-order valence-corrected chi connectivity index (χ4v) is 2.10. The Morgan fingerprint density at radius 2 is 2.24 bits per heavy atom. The molecule has 1 aliphatic rings. The zero-order valence-corrected chi connectivity index (χ0v) is 9.39. The Hall–Kier alpha value is -1.94. The highest BCUT2D eigenvalue weighted by Crippen LogP contribution is 2.35. The topological polar surface area (TPSA) is 61.0 Å². The first kappa shape index (κ1) is 10.2. The van der Waals surface area contributed by atoms with Crippen molar-refractivity contribution in [3.8, 4) is 0 Å². The summed E-state index contributed by atoms with van der Waals surface area (Å²) in [6.07, 6.45) is 2.77. The molecule has 3 rings (SSSR count). The molecule has 4 heteroatoms. The maximum absolute atomic E-state index is 6.00. The summed E-state index contributed by atoms with van der Waals surface area (Å²) in [6.45, 7) is 4.47. The number of nitrogen functional groups attached to an aromatic ring is 1. The monoisotopic (exact) mass is 227 g/mol. The van der Waals surface area contributed by atoms with Gasteiger partial charge in [-0.2, -0.15) is 0 Å². The van der Waals surface area contributed by atoms with Crippen molar-refractivity contribution in [3.63, 3.8) is 0 Å². The Kier molecular flexibility index (Phi) is 2.30. The number of fused-ring (bicyclic) bond motifs is 1. The van der Waals surface area contributed by atoms with Gasteiger partial charge in [0.05, 0.1) is 18.2 Å². The van der Waals surface area contributed by atoms with Crippen LogP contribution in [0.4, 0.5) is 5.82 Å². The van der Waals surface area contributed by atoms with Crippen molar-refractivity contribution in [1.82, 2.24) is 9.97 Å². The first-order valence-electron chi connectivity index (χ1n) is 5.60. The summed E-state index contributed by atoms with van der Waals surface area (Å²) in [5, 5.41) is 0.905. The lowest BCUT2D eigenvalue weighted by Crippen LogP contribution is -2.19. The fourth-order valence-electron chi connectivity index (χ4n) is 2.10. The number of nitrogens with zero attached hydrogens (tertiary/aromatic N) is 2. The highest BCUT2D eigenvalue weighted by atomic mass is 16.5. The van der Waals surface area contributed by atoms with Crippen molar-refractivity contribution in [1.29, 1.82) is 0 Å². The van der Waals surface area contributed by atoms with Gasteiger partial charge in [0.25, 0.3) is 0 Å². The summed E-state index contributed by atoms with van der Waals surface area (Å²) in [6, 6.07) is 5.93. The maximum Gasteiger partial charge on any atom is 0.154 e. The van der Waals surface area contributed by atoms with Crippen LogP contribution in [0, 0.1) is 0 Å². The summed E-state index contributed by atoms with van der Waals surface area (Å²) in [7, 11) is 0. The van der Waals surface area contributed by atoms with Crippen LogP contribution in [0.1, 0.15) is 23.9 Å². The van der Waals surface area contributed by atoms with Crippen molar-refractivity contribution >= 4 is 22.8 Å². The highest BCUT2D eigenvalue weighted by molar-refractivity contribution is 5.92. The van der Waals surface area contributed by atoms with E-state index in [1.807, 2.05) is 18.2 Å². The highest BCUT2D eigenvalue weighted by Gasteiger charge is 2.23. The van der Waals surface area contributed by atoms with E-state index in [2.05, 4.69) is 16.5 Å². The molecule has 1 aliphatic heterocycles. The molecule has 2 aromatic rings. The Morgan fingerprint density at radius 3 is 2.88 bits per heavy atom. The van der Waals surface area contributed by atoms with Crippen LogP contribution in [0.3, 0.4) is 0 Å². The molecule has 1 unspecified atom stereocenters. The number of hydrogen-bond donors (Lipinski definition) is 1. The normalized spacial score (nSPS) is 18.9. The minimum atomic E-state index is 0.138. The molecule has 17 heavy (non-hydrogen) atoms. The predicted molar refractivity (Wildman–Crippen MR) is 67.4 cm³/mol. The number of anilines is 1. The van der Waals surface area contributed by atoms with Crippen LogP contribution in [-0.4, -0.2) is 16.6 Å². The third-order valence-corrected chi connectivity index (χ3v) is 3.03. The van der Waals surface area contributed by atoms with Gasteiger partial charge in [0.1, 0.15) is 5.82 Å². The van der Waals surface area contributed by atoms with Crippen LogP contribution >= 0.6 is 0 Å². The van der Waals surface area contributed by atoms with Gasteiger partial charge >= 0.3 is 0 Å². The summed E-state index contributed by atoms with van der Waals surface area (Å²) in [5.41, 5.74) is 7.93. The SMILES string of the molecule is C=Cc1nc(N)c2c(C3CCO3)cccc2n1. The maximum atomic E-state index is 6.00. The summed E-state index contributed by atoms with van der Waals surface area (Å²) in [5.74, 6) is 1.05. The smallest absolute Gasteiger partial charge is 0.154 e. The van der Waals surface area contributed by atoms with Gasteiger partial charge in [0.2, 0.25) is 0 Å². The zero-order valence-electron chi connectivity index (χ0n) is 9.39. The summed E-state index contributed by atoms with van der Waals surface area (Å²) < 4.78 is 5.51. The van der Waals surface area contributed by atoms with Gasteiger partial charge in [-0.25, -0.2) is 9.97 Å². The van der Waals surface area contributed by atoms with Crippen molar-refractivity contribution in [2.75, 3.05) is 12.3 Å². The number of nitrogens with two attached hydrogens (primary N) is 1. The molecule has 1 aromatic carbocycles. The van der Waals surface area contributed by atoms with E-state index in [0.717, 1.165) is 29.5 Å². The molecule has 0 spiro atoms. The second-order valence-corrected chi connectivity index (χ2v) is 4.06. The Morgan fingerprint density at radius 1 is 1.41 bits per heavy atom. The molecule has 2 heterocycles. The van der Waals surface area contributed by atoms with Crippen LogP contribution in [-0.2, 0) is 4.74 Å². The minimum absolute atomic E-state index is 0.138. The van der Waals surface area contributed by atoms with Crippen LogP contribution in [0.15, 0.2) is 24.8 Å². The molecule has 0 amide bonds. The molecule has 1 saturated heterocycles. The Labute approximate surface area is 99.1 Å². The molecule has 0 radical (unpaired) electrons. The lowest BCUT2D eigenvalue weighted by Gasteiger charge is -2.27. The van der Waals surface area contributed by atoms with Crippen molar-refractivity contribution in [3.05, 3.63) is 36.2 Å². The van der Waals surface area contributed by atoms with Gasteiger partial charge < -0.3 is 10.5 Å². The van der Waals surface area contributed by atoms with Crippen molar-refractivity contribution in [2.45, 2.75) is 12.5 Å². The summed E-state index contributed by atoms with van der Waals surface area (Å²) in [4.78, 5) is 8.61. The van der Waals surface area contributed by atoms with Gasteiger partial charge in [0, 0.05) is 11.8 Å². The number of rotatable bonds is 2.